The van der Waals surface area contributed by atoms with Gasteiger partial charge in [0, 0.05) is 30.3 Å². The van der Waals surface area contributed by atoms with Gasteiger partial charge in [0.1, 0.15) is 0 Å². The van der Waals surface area contributed by atoms with E-state index in [4.69, 9.17) is 5.73 Å². The maximum absolute atomic E-state index is 11.7. The number of nitrogens with one attached hydrogen (secondary N) is 1. The standard InChI is InChI=1S/C11H15N3O3/c1-7-5-9(14(16)17)3-4-10(7)11(15)13-6-8(2)12/h3-5,8H,6,12H2,1-2H3,(H,13,15). The molecule has 0 radical (unpaired) electrons. The number of carbonyl (C=O) groups excluding carboxylic acids is 1. The Morgan fingerprint density at radius 2 is 2.24 bits per heavy atom. The van der Waals surface area contributed by atoms with Crippen molar-refractivity contribution >= 4 is 11.6 Å². The van der Waals surface area contributed by atoms with Crippen molar-refractivity contribution in [2.24, 2.45) is 5.73 Å². The number of aryl methyl sites for hydroxylation is 1. The lowest BCUT2D eigenvalue weighted by molar-refractivity contribution is -0.384. The zero-order chi connectivity index (χ0) is 13.0. The topological polar surface area (TPSA) is 98.3 Å². The summed E-state index contributed by atoms with van der Waals surface area (Å²) in [5.74, 6) is -0.269. The van der Waals surface area contributed by atoms with Gasteiger partial charge < -0.3 is 11.1 Å². The van der Waals surface area contributed by atoms with E-state index in [-0.39, 0.29) is 17.6 Å². The first kappa shape index (κ1) is 13.1. The van der Waals surface area contributed by atoms with Gasteiger partial charge in [-0.15, -0.1) is 0 Å². The number of carbonyl (C=O) groups is 1. The smallest absolute Gasteiger partial charge is 0.269 e. The molecule has 6 heteroatoms. The molecular formula is C11H15N3O3. The fraction of sp³-hybridized carbons (Fsp3) is 0.364. The molecule has 92 valence electrons. The monoisotopic (exact) mass is 237 g/mol. The Labute approximate surface area is 99.0 Å². The van der Waals surface area contributed by atoms with E-state index in [0.717, 1.165) is 0 Å². The van der Waals surface area contributed by atoms with E-state index < -0.39 is 4.92 Å². The fourth-order valence-corrected chi connectivity index (χ4v) is 1.37. The highest BCUT2D eigenvalue weighted by Gasteiger charge is 2.13. The normalized spacial score (nSPS) is 11.9. The van der Waals surface area contributed by atoms with Gasteiger partial charge in [-0.05, 0) is 25.5 Å². The minimum Gasteiger partial charge on any atom is -0.350 e. The van der Waals surface area contributed by atoms with E-state index in [1.54, 1.807) is 13.8 Å². The largest absolute Gasteiger partial charge is 0.350 e. The number of nitrogens with zero attached hydrogens (tertiary/aromatic N) is 1. The maximum atomic E-state index is 11.7. The summed E-state index contributed by atoms with van der Waals surface area (Å²) in [4.78, 5) is 21.8. The molecule has 1 aromatic carbocycles. The Hall–Kier alpha value is -1.95. The van der Waals surface area contributed by atoms with E-state index >= 15 is 0 Å². The summed E-state index contributed by atoms with van der Waals surface area (Å²) in [7, 11) is 0. The molecule has 1 unspecified atom stereocenters. The van der Waals surface area contributed by atoms with Crippen LogP contribution in [0, 0.1) is 17.0 Å². The molecule has 1 rings (SSSR count). The van der Waals surface area contributed by atoms with Gasteiger partial charge in [-0.25, -0.2) is 0 Å². The van der Waals surface area contributed by atoms with E-state index in [1.807, 2.05) is 0 Å². The number of non-ortho nitro benzene ring substituents is 1. The Morgan fingerprint density at radius 3 is 2.71 bits per heavy atom. The quantitative estimate of drug-likeness (QED) is 0.602. The Balaban J connectivity index is 2.85. The fourth-order valence-electron chi connectivity index (χ4n) is 1.37. The SMILES string of the molecule is Cc1cc([N+](=O)[O-])ccc1C(=O)NCC(C)N. The van der Waals surface area contributed by atoms with Gasteiger partial charge in [-0.2, -0.15) is 0 Å². The van der Waals surface area contributed by atoms with Crippen LogP contribution >= 0.6 is 0 Å². The Bertz CT molecular complexity index is 444. The number of nitrogens with two attached hydrogens (primary N) is 1. The zero-order valence-electron chi connectivity index (χ0n) is 9.77. The van der Waals surface area contributed by atoms with Gasteiger partial charge in [0.25, 0.3) is 11.6 Å². The van der Waals surface area contributed by atoms with E-state index in [2.05, 4.69) is 5.32 Å². The number of hydrogen-bond donors (Lipinski definition) is 2. The van der Waals surface area contributed by atoms with E-state index in [1.165, 1.54) is 18.2 Å². The second kappa shape index (κ2) is 5.40. The summed E-state index contributed by atoms with van der Waals surface area (Å²) in [6.45, 7) is 3.81. The van der Waals surface area contributed by atoms with Crippen LogP contribution in [0.15, 0.2) is 18.2 Å². The van der Waals surface area contributed by atoms with Crippen molar-refractivity contribution in [1.82, 2.24) is 5.32 Å². The average molecular weight is 237 g/mol. The van der Waals surface area contributed by atoms with Gasteiger partial charge in [0.15, 0.2) is 0 Å². The van der Waals surface area contributed by atoms with E-state index in [9.17, 15) is 14.9 Å². The number of rotatable bonds is 4. The highest BCUT2D eigenvalue weighted by molar-refractivity contribution is 5.95. The van der Waals surface area contributed by atoms with Gasteiger partial charge in [-0.3, -0.25) is 14.9 Å². The molecule has 0 saturated carbocycles. The van der Waals surface area contributed by atoms with E-state index in [0.29, 0.717) is 17.7 Å². The van der Waals surface area contributed by atoms with Crippen LogP contribution in [-0.2, 0) is 0 Å². The summed E-state index contributed by atoms with van der Waals surface area (Å²) in [6.07, 6.45) is 0. The predicted molar refractivity (Wildman–Crippen MR) is 63.8 cm³/mol. The van der Waals surface area contributed by atoms with Crippen molar-refractivity contribution in [3.8, 4) is 0 Å². The molecule has 6 nitrogen and oxygen atoms in total. The lowest BCUT2D eigenvalue weighted by Crippen LogP contribution is -2.35. The summed E-state index contributed by atoms with van der Waals surface area (Å²) in [5, 5.41) is 13.2. The minimum absolute atomic E-state index is 0.0220. The van der Waals surface area contributed by atoms with Crippen molar-refractivity contribution in [2.75, 3.05) is 6.54 Å². The number of nitro groups is 1. The number of nitro benzene ring substituents is 1. The molecule has 1 amide bonds. The summed E-state index contributed by atoms with van der Waals surface area (Å²) in [6, 6.07) is 4.01. The van der Waals surface area contributed by atoms with Gasteiger partial charge >= 0.3 is 0 Å². The predicted octanol–water partition coefficient (Wildman–Crippen LogP) is 0.980. The lowest BCUT2D eigenvalue weighted by Gasteiger charge is -2.09. The average Bonchev–Trinajstić information content (AvgIpc) is 2.25. The second-order valence-corrected chi connectivity index (χ2v) is 3.94. The number of benzene rings is 1. The van der Waals surface area contributed by atoms with Crippen LogP contribution in [0.2, 0.25) is 0 Å². The molecule has 17 heavy (non-hydrogen) atoms. The number of hydrogen-bond acceptors (Lipinski definition) is 4. The molecule has 3 N–H and O–H groups in total. The third kappa shape index (κ3) is 3.53. The molecule has 1 atom stereocenters. The van der Waals surface area contributed by atoms with Gasteiger partial charge in [0.05, 0.1) is 4.92 Å². The molecule has 0 heterocycles. The first-order valence-corrected chi connectivity index (χ1v) is 5.20. The van der Waals surface area contributed by atoms with Crippen LogP contribution in [0.4, 0.5) is 5.69 Å². The van der Waals surface area contributed by atoms with Crippen molar-refractivity contribution in [2.45, 2.75) is 19.9 Å². The summed E-state index contributed by atoms with van der Waals surface area (Å²) in [5.41, 5.74) is 6.49. The zero-order valence-corrected chi connectivity index (χ0v) is 9.77. The van der Waals surface area contributed by atoms with Crippen molar-refractivity contribution in [3.05, 3.63) is 39.4 Å². The first-order chi connectivity index (χ1) is 7.91. The molecule has 0 aliphatic rings. The summed E-state index contributed by atoms with van der Waals surface area (Å²) < 4.78 is 0. The molecule has 0 fully saturated rings. The molecule has 0 spiro atoms. The molecule has 0 aliphatic carbocycles. The molecule has 1 aromatic rings. The Morgan fingerprint density at radius 1 is 1.59 bits per heavy atom. The maximum Gasteiger partial charge on any atom is 0.269 e. The molecular weight excluding hydrogens is 222 g/mol. The summed E-state index contributed by atoms with van der Waals surface area (Å²) >= 11 is 0. The third-order valence-corrected chi connectivity index (χ3v) is 2.25. The van der Waals surface area contributed by atoms with Crippen LogP contribution in [0.5, 0.6) is 0 Å². The Kier molecular flexibility index (Phi) is 4.17. The molecule has 0 saturated heterocycles. The second-order valence-electron chi connectivity index (χ2n) is 3.94. The molecule has 0 aromatic heterocycles. The molecule has 0 bridgehead atoms. The van der Waals surface area contributed by atoms with Gasteiger partial charge in [0.2, 0.25) is 0 Å². The number of amides is 1. The van der Waals surface area contributed by atoms with Crippen LogP contribution in [-0.4, -0.2) is 23.4 Å². The highest BCUT2D eigenvalue weighted by Crippen LogP contribution is 2.16. The van der Waals surface area contributed by atoms with Crippen LogP contribution in [0.1, 0.15) is 22.8 Å². The minimum atomic E-state index is -0.489. The first-order valence-electron chi connectivity index (χ1n) is 5.20. The third-order valence-electron chi connectivity index (χ3n) is 2.25. The lowest BCUT2D eigenvalue weighted by atomic mass is 10.1. The van der Waals surface area contributed by atoms with Gasteiger partial charge in [-0.1, -0.05) is 0 Å². The highest BCUT2D eigenvalue weighted by atomic mass is 16.6. The van der Waals surface area contributed by atoms with Crippen molar-refractivity contribution in [1.29, 1.82) is 0 Å². The van der Waals surface area contributed by atoms with Crippen molar-refractivity contribution in [3.63, 3.8) is 0 Å². The molecule has 0 aliphatic heterocycles. The van der Waals surface area contributed by atoms with Crippen LogP contribution < -0.4 is 11.1 Å². The van der Waals surface area contributed by atoms with Crippen LogP contribution in [0.3, 0.4) is 0 Å². The van der Waals surface area contributed by atoms with Crippen LogP contribution in [0.25, 0.3) is 0 Å². The van der Waals surface area contributed by atoms with Crippen molar-refractivity contribution < 1.29 is 9.72 Å².